The van der Waals surface area contributed by atoms with Crippen LogP contribution < -0.4 is 4.74 Å². The van der Waals surface area contributed by atoms with Crippen LogP contribution in [0.2, 0.25) is 0 Å². The predicted molar refractivity (Wildman–Crippen MR) is 50.3 cm³/mol. The van der Waals surface area contributed by atoms with Gasteiger partial charge in [0.15, 0.2) is 11.6 Å². The largest absolute Gasteiger partial charge is 0.493 e. The van der Waals surface area contributed by atoms with E-state index in [1.165, 1.54) is 13.2 Å². The summed E-state index contributed by atoms with van der Waals surface area (Å²) in [5.74, 6) is -1.87. The number of alkyl halides is 1. The Morgan fingerprint density at radius 1 is 1.38 bits per heavy atom. The molecule has 1 rings (SSSR count). The molecule has 0 heterocycles. The Labute approximate surface area is 83.8 Å². The predicted octanol–water partition coefficient (Wildman–Crippen LogP) is 3.43. The Morgan fingerprint density at radius 2 is 2.00 bits per heavy atom. The Morgan fingerprint density at radius 3 is 2.46 bits per heavy atom. The van der Waals surface area contributed by atoms with Gasteiger partial charge in [-0.2, -0.15) is 4.39 Å². The van der Waals surface area contributed by atoms with Crippen molar-refractivity contribution in [2.45, 2.75) is 11.8 Å². The molecule has 1 aromatic carbocycles. The highest BCUT2D eigenvalue weighted by atomic mass is 79.9. The standard InChI is InChI=1S/C9H9BrF2O/c1-5(10)6-3-4-7(11)8(12)9(6)13-2/h3-5H,1-2H3. The minimum Gasteiger partial charge on any atom is -0.493 e. The highest BCUT2D eigenvalue weighted by molar-refractivity contribution is 9.09. The molecule has 0 bridgehead atoms. The maximum Gasteiger partial charge on any atom is 0.200 e. The van der Waals surface area contributed by atoms with Crippen LogP contribution in [0.4, 0.5) is 8.78 Å². The molecular formula is C9H9BrF2O. The van der Waals surface area contributed by atoms with Gasteiger partial charge in [-0.1, -0.05) is 22.0 Å². The fourth-order valence-corrected chi connectivity index (χ4v) is 1.43. The Hall–Kier alpha value is -0.640. The average molecular weight is 251 g/mol. The quantitative estimate of drug-likeness (QED) is 0.731. The molecule has 4 heteroatoms. The Balaban J connectivity index is 3.30. The van der Waals surface area contributed by atoms with Crippen LogP contribution in [0.3, 0.4) is 0 Å². The van der Waals surface area contributed by atoms with E-state index >= 15 is 0 Å². The molecule has 0 aliphatic rings. The summed E-state index contributed by atoms with van der Waals surface area (Å²) in [6.45, 7) is 1.81. The van der Waals surface area contributed by atoms with E-state index in [4.69, 9.17) is 4.74 Å². The molecule has 0 aromatic heterocycles. The van der Waals surface area contributed by atoms with Gasteiger partial charge in [0.1, 0.15) is 0 Å². The molecule has 0 aliphatic carbocycles. The number of methoxy groups -OCH3 is 1. The van der Waals surface area contributed by atoms with Crippen LogP contribution in [0, 0.1) is 11.6 Å². The lowest BCUT2D eigenvalue weighted by molar-refractivity contribution is 0.367. The third-order valence-electron chi connectivity index (χ3n) is 1.71. The first-order valence-corrected chi connectivity index (χ1v) is 4.65. The van der Waals surface area contributed by atoms with Crippen molar-refractivity contribution in [2.75, 3.05) is 7.11 Å². The molecule has 0 aliphatic heterocycles. The lowest BCUT2D eigenvalue weighted by Gasteiger charge is -2.11. The summed E-state index contributed by atoms with van der Waals surface area (Å²) in [7, 11) is 1.32. The number of ether oxygens (including phenoxy) is 1. The lowest BCUT2D eigenvalue weighted by atomic mass is 10.1. The fraction of sp³-hybridized carbons (Fsp3) is 0.333. The van der Waals surface area contributed by atoms with Crippen molar-refractivity contribution in [1.82, 2.24) is 0 Å². The zero-order valence-corrected chi connectivity index (χ0v) is 8.86. The summed E-state index contributed by atoms with van der Waals surface area (Å²) in [6, 6.07) is 2.58. The van der Waals surface area contributed by atoms with E-state index in [2.05, 4.69) is 15.9 Å². The molecule has 0 saturated heterocycles. The Kier molecular flexibility index (Phi) is 3.25. The van der Waals surface area contributed by atoms with Gasteiger partial charge < -0.3 is 4.74 Å². The molecule has 72 valence electrons. The van der Waals surface area contributed by atoms with E-state index in [-0.39, 0.29) is 10.6 Å². The minimum atomic E-state index is -0.939. The van der Waals surface area contributed by atoms with E-state index in [9.17, 15) is 8.78 Å². The van der Waals surface area contributed by atoms with Gasteiger partial charge >= 0.3 is 0 Å². The zero-order valence-electron chi connectivity index (χ0n) is 7.27. The number of rotatable bonds is 2. The van der Waals surface area contributed by atoms with Gasteiger partial charge in [0.25, 0.3) is 0 Å². The summed E-state index contributed by atoms with van der Waals surface area (Å²) in [5.41, 5.74) is 0.599. The molecule has 0 fully saturated rings. The number of benzene rings is 1. The van der Waals surface area contributed by atoms with E-state index < -0.39 is 11.6 Å². The van der Waals surface area contributed by atoms with Gasteiger partial charge in [0, 0.05) is 10.4 Å². The highest BCUT2D eigenvalue weighted by Crippen LogP contribution is 2.33. The third kappa shape index (κ3) is 1.99. The highest BCUT2D eigenvalue weighted by Gasteiger charge is 2.16. The van der Waals surface area contributed by atoms with Crippen molar-refractivity contribution in [2.24, 2.45) is 0 Å². The monoisotopic (exact) mass is 250 g/mol. The van der Waals surface area contributed by atoms with Gasteiger partial charge in [-0.25, -0.2) is 4.39 Å². The number of hydrogen-bond donors (Lipinski definition) is 0. The fourth-order valence-electron chi connectivity index (χ4n) is 1.07. The summed E-state index contributed by atoms with van der Waals surface area (Å²) < 4.78 is 30.6. The van der Waals surface area contributed by atoms with Crippen LogP contribution >= 0.6 is 15.9 Å². The summed E-state index contributed by atoms with van der Waals surface area (Å²) >= 11 is 3.26. The minimum absolute atomic E-state index is 0.0376. The van der Waals surface area contributed by atoms with E-state index in [1.54, 1.807) is 0 Å². The normalized spacial score (nSPS) is 12.7. The number of hydrogen-bond acceptors (Lipinski definition) is 1. The van der Waals surface area contributed by atoms with Crippen molar-refractivity contribution in [1.29, 1.82) is 0 Å². The molecule has 1 aromatic rings. The van der Waals surface area contributed by atoms with Crippen LogP contribution in [-0.4, -0.2) is 7.11 Å². The van der Waals surface area contributed by atoms with Crippen molar-refractivity contribution >= 4 is 15.9 Å². The molecule has 1 nitrogen and oxygen atoms in total. The molecule has 0 N–H and O–H groups in total. The second kappa shape index (κ2) is 4.05. The lowest BCUT2D eigenvalue weighted by Crippen LogP contribution is -1.98. The summed E-state index contributed by atoms with van der Waals surface area (Å²) in [6.07, 6.45) is 0. The van der Waals surface area contributed by atoms with Crippen LogP contribution in [0.5, 0.6) is 5.75 Å². The smallest absolute Gasteiger partial charge is 0.200 e. The average Bonchev–Trinajstić information content (AvgIpc) is 2.09. The van der Waals surface area contributed by atoms with Gasteiger partial charge in [0.05, 0.1) is 7.11 Å². The molecular weight excluding hydrogens is 242 g/mol. The zero-order chi connectivity index (χ0) is 10.0. The second-order valence-electron chi connectivity index (χ2n) is 2.60. The van der Waals surface area contributed by atoms with Crippen LogP contribution in [0.15, 0.2) is 12.1 Å². The SMILES string of the molecule is COc1c(C(C)Br)ccc(F)c1F. The van der Waals surface area contributed by atoms with Gasteiger partial charge in [-0.15, -0.1) is 0 Å². The van der Waals surface area contributed by atoms with E-state index in [1.807, 2.05) is 6.92 Å². The molecule has 0 radical (unpaired) electrons. The van der Waals surface area contributed by atoms with Gasteiger partial charge in [-0.3, -0.25) is 0 Å². The molecule has 0 amide bonds. The summed E-state index contributed by atoms with van der Waals surface area (Å²) in [5, 5.41) is 0. The van der Waals surface area contributed by atoms with Crippen molar-refractivity contribution in [3.05, 3.63) is 29.3 Å². The van der Waals surface area contributed by atoms with Crippen LogP contribution in [-0.2, 0) is 0 Å². The molecule has 1 unspecified atom stereocenters. The van der Waals surface area contributed by atoms with Gasteiger partial charge in [-0.05, 0) is 13.0 Å². The maximum absolute atomic E-state index is 13.1. The maximum atomic E-state index is 13.1. The van der Waals surface area contributed by atoms with Crippen molar-refractivity contribution in [3.8, 4) is 5.75 Å². The molecule has 1 atom stereocenters. The first-order chi connectivity index (χ1) is 6.07. The second-order valence-corrected chi connectivity index (χ2v) is 3.97. The molecule has 0 spiro atoms. The molecule has 0 saturated carbocycles. The van der Waals surface area contributed by atoms with Crippen LogP contribution in [0.25, 0.3) is 0 Å². The first kappa shape index (κ1) is 10.4. The van der Waals surface area contributed by atoms with Gasteiger partial charge in [0.2, 0.25) is 5.82 Å². The summed E-state index contributed by atoms with van der Waals surface area (Å²) in [4.78, 5) is -0.0717. The topological polar surface area (TPSA) is 9.23 Å². The van der Waals surface area contributed by atoms with Crippen LogP contribution in [0.1, 0.15) is 17.3 Å². The van der Waals surface area contributed by atoms with E-state index in [0.29, 0.717) is 5.56 Å². The first-order valence-electron chi connectivity index (χ1n) is 3.74. The van der Waals surface area contributed by atoms with Crippen molar-refractivity contribution < 1.29 is 13.5 Å². The Bertz CT molecular complexity index is 313. The van der Waals surface area contributed by atoms with Crippen molar-refractivity contribution in [3.63, 3.8) is 0 Å². The third-order valence-corrected chi connectivity index (χ3v) is 2.21. The molecule has 13 heavy (non-hydrogen) atoms. The number of halogens is 3. The van der Waals surface area contributed by atoms with E-state index in [0.717, 1.165) is 6.07 Å².